The van der Waals surface area contributed by atoms with Crippen LogP contribution in [0.2, 0.25) is 5.02 Å². The number of aryl methyl sites for hydroxylation is 2. The third-order valence-corrected chi connectivity index (χ3v) is 5.64. The molecule has 1 amide bonds. The van der Waals surface area contributed by atoms with Crippen molar-refractivity contribution in [3.63, 3.8) is 0 Å². The smallest absolute Gasteiger partial charge is 0.240 e. The normalized spacial score (nSPS) is 11.5. The van der Waals surface area contributed by atoms with Gasteiger partial charge in [-0.2, -0.15) is 5.10 Å². The highest BCUT2D eigenvalue weighted by Crippen LogP contribution is 2.19. The van der Waals surface area contributed by atoms with Gasteiger partial charge < -0.3 is 5.32 Å². The molecule has 2 aromatic rings. The number of aromatic nitrogens is 2. The minimum absolute atomic E-state index is 0.149. The Bertz CT molecular complexity index is 860. The molecule has 0 aliphatic rings. The number of hydrogen-bond acceptors (Lipinski definition) is 4. The van der Waals surface area contributed by atoms with Crippen molar-refractivity contribution >= 4 is 33.2 Å². The molecule has 0 aliphatic heterocycles. The van der Waals surface area contributed by atoms with Crippen LogP contribution in [-0.4, -0.2) is 30.7 Å². The summed E-state index contributed by atoms with van der Waals surface area (Å²) in [4.78, 5) is 11.1. The van der Waals surface area contributed by atoms with Gasteiger partial charge in [0.2, 0.25) is 15.9 Å². The van der Waals surface area contributed by atoms with Gasteiger partial charge in [-0.1, -0.05) is 11.6 Å². The number of carbonyl (C=O) groups is 1. The molecule has 136 valence electrons. The van der Waals surface area contributed by atoms with E-state index in [1.807, 2.05) is 13.8 Å². The average molecular weight is 385 g/mol. The van der Waals surface area contributed by atoms with Gasteiger partial charge in [0.15, 0.2) is 0 Å². The lowest BCUT2D eigenvalue weighted by Gasteiger charge is -2.09. The lowest BCUT2D eigenvalue weighted by atomic mass is 10.3. The second-order valence-corrected chi connectivity index (χ2v) is 7.81. The van der Waals surface area contributed by atoms with Crippen LogP contribution in [0.3, 0.4) is 0 Å². The van der Waals surface area contributed by atoms with E-state index in [0.29, 0.717) is 23.7 Å². The van der Waals surface area contributed by atoms with Crippen molar-refractivity contribution in [2.75, 3.05) is 11.9 Å². The van der Waals surface area contributed by atoms with E-state index in [0.717, 1.165) is 11.4 Å². The highest BCUT2D eigenvalue weighted by molar-refractivity contribution is 7.89. The molecule has 9 heteroatoms. The first-order valence-electron chi connectivity index (χ1n) is 7.77. The van der Waals surface area contributed by atoms with E-state index in [1.54, 1.807) is 16.8 Å². The minimum Gasteiger partial charge on any atom is -0.326 e. The predicted molar refractivity (Wildman–Crippen MR) is 97.3 cm³/mol. The maximum atomic E-state index is 12.3. The van der Waals surface area contributed by atoms with Crippen LogP contribution in [0.15, 0.2) is 29.2 Å². The first kappa shape index (κ1) is 19.4. The van der Waals surface area contributed by atoms with Crippen LogP contribution in [-0.2, 0) is 21.4 Å². The van der Waals surface area contributed by atoms with Gasteiger partial charge in [-0.3, -0.25) is 9.48 Å². The van der Waals surface area contributed by atoms with Crippen molar-refractivity contribution in [1.29, 1.82) is 0 Å². The molecule has 0 aliphatic carbocycles. The lowest BCUT2D eigenvalue weighted by Crippen LogP contribution is -2.25. The molecule has 0 spiro atoms. The van der Waals surface area contributed by atoms with Gasteiger partial charge in [0.1, 0.15) is 0 Å². The van der Waals surface area contributed by atoms with Crippen LogP contribution in [0.5, 0.6) is 0 Å². The fraction of sp³-hybridized carbons (Fsp3) is 0.375. The zero-order valence-electron chi connectivity index (χ0n) is 14.3. The number of nitrogens with zero attached hydrogens (tertiary/aromatic N) is 2. The van der Waals surface area contributed by atoms with E-state index in [-0.39, 0.29) is 17.3 Å². The van der Waals surface area contributed by atoms with Crippen LogP contribution in [0.4, 0.5) is 5.69 Å². The molecule has 0 bridgehead atoms. The fourth-order valence-corrected chi connectivity index (χ4v) is 3.54. The summed E-state index contributed by atoms with van der Waals surface area (Å²) < 4.78 is 28.8. The standard InChI is InChI=1S/C16H21ClN4O3S/c1-11-16(17)12(2)21(20-11)10-4-9-18-25(23,24)15-7-5-14(6-8-15)19-13(3)22/h5-8,18H,4,9-10H2,1-3H3,(H,19,22). The second-order valence-electron chi connectivity index (χ2n) is 5.66. The van der Waals surface area contributed by atoms with Crippen LogP contribution in [0.1, 0.15) is 24.7 Å². The summed E-state index contributed by atoms with van der Waals surface area (Å²) in [5.41, 5.74) is 2.18. The number of rotatable bonds is 7. The fourth-order valence-electron chi connectivity index (χ4n) is 2.33. The summed E-state index contributed by atoms with van der Waals surface area (Å²) in [6, 6.07) is 6.00. The Labute approximate surface area is 152 Å². The van der Waals surface area contributed by atoms with Crippen molar-refractivity contribution in [2.24, 2.45) is 0 Å². The largest absolute Gasteiger partial charge is 0.326 e. The zero-order chi connectivity index (χ0) is 18.6. The molecule has 1 aromatic carbocycles. The Hall–Kier alpha value is -1.90. The molecular weight excluding hydrogens is 364 g/mol. The number of nitrogens with one attached hydrogen (secondary N) is 2. The Kier molecular flexibility index (Phi) is 6.21. The van der Waals surface area contributed by atoms with Crippen LogP contribution in [0, 0.1) is 13.8 Å². The van der Waals surface area contributed by atoms with E-state index in [1.165, 1.54) is 19.1 Å². The number of sulfonamides is 1. The third kappa shape index (κ3) is 5.04. The number of hydrogen-bond donors (Lipinski definition) is 2. The first-order chi connectivity index (χ1) is 11.7. The minimum atomic E-state index is -3.59. The van der Waals surface area contributed by atoms with Crippen LogP contribution < -0.4 is 10.0 Å². The maximum Gasteiger partial charge on any atom is 0.240 e. The van der Waals surface area contributed by atoms with Gasteiger partial charge in [-0.05, 0) is 44.5 Å². The van der Waals surface area contributed by atoms with E-state index in [9.17, 15) is 13.2 Å². The van der Waals surface area contributed by atoms with Crippen molar-refractivity contribution in [2.45, 2.75) is 38.6 Å². The van der Waals surface area contributed by atoms with Crippen molar-refractivity contribution in [3.8, 4) is 0 Å². The molecule has 2 rings (SSSR count). The van der Waals surface area contributed by atoms with Gasteiger partial charge in [-0.15, -0.1) is 0 Å². The molecule has 25 heavy (non-hydrogen) atoms. The summed E-state index contributed by atoms with van der Waals surface area (Å²) in [6.45, 7) is 5.96. The Balaban J connectivity index is 1.90. The van der Waals surface area contributed by atoms with E-state index >= 15 is 0 Å². The summed E-state index contributed by atoms with van der Waals surface area (Å²) in [6.07, 6.45) is 0.585. The first-order valence-corrected chi connectivity index (χ1v) is 9.63. The summed E-state index contributed by atoms with van der Waals surface area (Å²) in [7, 11) is -3.59. The molecule has 0 fully saturated rings. The summed E-state index contributed by atoms with van der Waals surface area (Å²) in [5, 5.41) is 7.54. The molecule has 1 aromatic heterocycles. The SMILES string of the molecule is CC(=O)Nc1ccc(S(=O)(=O)NCCCn2nc(C)c(Cl)c2C)cc1. The Morgan fingerprint density at radius 2 is 1.88 bits per heavy atom. The van der Waals surface area contributed by atoms with Gasteiger partial charge in [0.25, 0.3) is 0 Å². The Morgan fingerprint density at radius 3 is 2.40 bits per heavy atom. The molecule has 0 saturated carbocycles. The predicted octanol–water partition coefficient (Wildman–Crippen LogP) is 2.48. The molecule has 0 unspecified atom stereocenters. The van der Waals surface area contributed by atoms with Gasteiger partial charge in [0, 0.05) is 25.7 Å². The van der Waals surface area contributed by atoms with Gasteiger partial charge in [-0.25, -0.2) is 13.1 Å². The lowest BCUT2D eigenvalue weighted by molar-refractivity contribution is -0.114. The molecular formula is C16H21ClN4O3S. The van der Waals surface area contributed by atoms with Crippen LogP contribution in [0.25, 0.3) is 0 Å². The molecule has 1 heterocycles. The summed E-state index contributed by atoms with van der Waals surface area (Å²) >= 11 is 6.09. The molecule has 7 nitrogen and oxygen atoms in total. The Morgan fingerprint density at radius 1 is 1.24 bits per heavy atom. The van der Waals surface area contributed by atoms with Crippen molar-refractivity contribution < 1.29 is 13.2 Å². The molecule has 0 saturated heterocycles. The second kappa shape index (κ2) is 7.99. The number of carbonyl (C=O) groups excluding carboxylic acids is 1. The number of benzene rings is 1. The number of amides is 1. The van der Waals surface area contributed by atoms with E-state index in [4.69, 9.17) is 11.6 Å². The van der Waals surface area contributed by atoms with Crippen molar-refractivity contribution in [3.05, 3.63) is 40.7 Å². The topological polar surface area (TPSA) is 93.1 Å². The number of anilines is 1. The molecule has 0 atom stereocenters. The average Bonchev–Trinajstić information content (AvgIpc) is 2.79. The van der Waals surface area contributed by atoms with Crippen molar-refractivity contribution in [1.82, 2.24) is 14.5 Å². The maximum absolute atomic E-state index is 12.3. The van der Waals surface area contributed by atoms with Gasteiger partial charge >= 0.3 is 0 Å². The third-order valence-electron chi connectivity index (χ3n) is 3.62. The van der Waals surface area contributed by atoms with Gasteiger partial charge in [0.05, 0.1) is 21.3 Å². The number of halogens is 1. The summed E-state index contributed by atoms with van der Waals surface area (Å²) in [5.74, 6) is -0.210. The van der Waals surface area contributed by atoms with Crippen LogP contribution >= 0.6 is 11.6 Å². The zero-order valence-corrected chi connectivity index (χ0v) is 15.9. The van der Waals surface area contributed by atoms with E-state index < -0.39 is 10.0 Å². The highest BCUT2D eigenvalue weighted by atomic mass is 35.5. The monoisotopic (exact) mass is 384 g/mol. The highest BCUT2D eigenvalue weighted by Gasteiger charge is 2.14. The molecule has 0 radical (unpaired) electrons. The molecule has 2 N–H and O–H groups in total. The quantitative estimate of drug-likeness (QED) is 0.717. The van der Waals surface area contributed by atoms with E-state index in [2.05, 4.69) is 15.1 Å².